The molecule has 0 fully saturated rings. The van der Waals surface area contributed by atoms with Crippen LogP contribution in [0.4, 0.5) is 0 Å². The van der Waals surface area contributed by atoms with Gasteiger partial charge in [0, 0.05) is 32.5 Å². The second-order valence-corrected chi connectivity index (χ2v) is 5.33. The zero-order chi connectivity index (χ0) is 16.5. The standard InChI is InChI=1S/C18H24N4O.HI/c1-3-20-18(22(2)14-15-7-5-4-6-8-15)21-13-17(23)16-9-11-19-12-10-16;/h4-12,17,23H,3,13-14H2,1-2H3,(H,20,21);1H. The molecule has 5 nitrogen and oxygen atoms in total. The van der Waals surface area contributed by atoms with Gasteiger partial charge in [0.15, 0.2) is 5.96 Å². The predicted octanol–water partition coefficient (Wildman–Crippen LogP) is 2.83. The number of benzene rings is 1. The average molecular weight is 440 g/mol. The largest absolute Gasteiger partial charge is 0.386 e. The molecule has 6 heteroatoms. The van der Waals surface area contributed by atoms with E-state index in [0.717, 1.165) is 24.6 Å². The van der Waals surface area contributed by atoms with Gasteiger partial charge in [-0.15, -0.1) is 24.0 Å². The SMILES string of the molecule is CCNC(=NCC(O)c1ccncc1)N(C)Cc1ccccc1.I. The molecule has 0 spiro atoms. The van der Waals surface area contributed by atoms with Crippen LogP contribution in [0.5, 0.6) is 0 Å². The van der Waals surface area contributed by atoms with Crippen molar-refractivity contribution < 1.29 is 5.11 Å². The van der Waals surface area contributed by atoms with E-state index in [0.29, 0.717) is 6.54 Å². The van der Waals surface area contributed by atoms with Gasteiger partial charge in [-0.1, -0.05) is 30.3 Å². The van der Waals surface area contributed by atoms with Crippen molar-refractivity contribution >= 4 is 29.9 Å². The Balaban J connectivity index is 0.00000288. The Bertz CT molecular complexity index is 607. The van der Waals surface area contributed by atoms with Crippen LogP contribution in [0.1, 0.15) is 24.2 Å². The fraction of sp³-hybridized carbons (Fsp3) is 0.333. The number of aliphatic imine (C=N–C) groups is 1. The van der Waals surface area contributed by atoms with Gasteiger partial charge in [-0.3, -0.25) is 9.98 Å². The molecule has 24 heavy (non-hydrogen) atoms. The van der Waals surface area contributed by atoms with Crippen molar-refractivity contribution in [1.82, 2.24) is 15.2 Å². The minimum absolute atomic E-state index is 0. The predicted molar refractivity (Wildman–Crippen MR) is 108 cm³/mol. The Kier molecular flexibility index (Phi) is 9.33. The molecule has 0 saturated carbocycles. The van der Waals surface area contributed by atoms with E-state index in [1.165, 1.54) is 5.56 Å². The Morgan fingerprint density at radius 3 is 2.50 bits per heavy atom. The molecule has 0 amide bonds. The number of aliphatic hydroxyl groups excluding tert-OH is 1. The van der Waals surface area contributed by atoms with Crippen LogP contribution in [-0.4, -0.2) is 41.1 Å². The Labute approximate surface area is 160 Å². The van der Waals surface area contributed by atoms with E-state index in [-0.39, 0.29) is 24.0 Å². The number of pyridine rings is 1. The molecular weight excluding hydrogens is 415 g/mol. The molecule has 0 aliphatic carbocycles. The van der Waals surface area contributed by atoms with Crippen LogP contribution in [-0.2, 0) is 6.54 Å². The highest BCUT2D eigenvalue weighted by Crippen LogP contribution is 2.11. The second-order valence-electron chi connectivity index (χ2n) is 5.33. The van der Waals surface area contributed by atoms with Gasteiger partial charge in [-0.05, 0) is 30.2 Å². The normalized spacial score (nSPS) is 12.2. The van der Waals surface area contributed by atoms with E-state index in [1.54, 1.807) is 24.5 Å². The lowest BCUT2D eigenvalue weighted by molar-refractivity contribution is 0.186. The molecule has 0 aliphatic heterocycles. The molecule has 0 aliphatic rings. The molecule has 1 aromatic heterocycles. The molecule has 2 aromatic rings. The zero-order valence-corrected chi connectivity index (χ0v) is 16.4. The number of hydrogen-bond acceptors (Lipinski definition) is 3. The minimum Gasteiger partial charge on any atom is -0.386 e. The van der Waals surface area contributed by atoms with Crippen molar-refractivity contribution in [3.63, 3.8) is 0 Å². The van der Waals surface area contributed by atoms with Crippen LogP contribution in [0.3, 0.4) is 0 Å². The van der Waals surface area contributed by atoms with E-state index < -0.39 is 6.10 Å². The number of aliphatic hydroxyl groups is 1. The maximum absolute atomic E-state index is 10.2. The first-order valence-electron chi connectivity index (χ1n) is 7.82. The summed E-state index contributed by atoms with van der Waals surface area (Å²) in [6, 6.07) is 13.9. The summed E-state index contributed by atoms with van der Waals surface area (Å²) in [5.74, 6) is 0.782. The second kappa shape index (κ2) is 11.0. The van der Waals surface area contributed by atoms with Crippen LogP contribution in [0, 0.1) is 0 Å². The molecule has 1 heterocycles. The van der Waals surface area contributed by atoms with Gasteiger partial charge >= 0.3 is 0 Å². The highest BCUT2D eigenvalue weighted by molar-refractivity contribution is 14.0. The first kappa shape index (κ1) is 20.4. The topological polar surface area (TPSA) is 60.8 Å². The van der Waals surface area contributed by atoms with E-state index in [4.69, 9.17) is 0 Å². The molecular formula is C18H25IN4O. The van der Waals surface area contributed by atoms with Crippen molar-refractivity contribution in [3.05, 3.63) is 66.0 Å². The molecule has 1 unspecified atom stereocenters. The van der Waals surface area contributed by atoms with Crippen LogP contribution in [0.25, 0.3) is 0 Å². The number of rotatable bonds is 6. The number of hydrogen-bond donors (Lipinski definition) is 2. The third-order valence-electron chi connectivity index (χ3n) is 3.46. The van der Waals surface area contributed by atoms with Crippen molar-refractivity contribution in [2.24, 2.45) is 4.99 Å². The van der Waals surface area contributed by atoms with Crippen molar-refractivity contribution in [2.45, 2.75) is 19.6 Å². The van der Waals surface area contributed by atoms with Gasteiger partial charge in [-0.2, -0.15) is 0 Å². The lowest BCUT2D eigenvalue weighted by Gasteiger charge is -2.22. The summed E-state index contributed by atoms with van der Waals surface area (Å²) >= 11 is 0. The molecule has 1 aromatic carbocycles. The van der Waals surface area contributed by atoms with Gasteiger partial charge in [0.05, 0.1) is 12.6 Å². The molecule has 0 radical (unpaired) electrons. The first-order valence-corrected chi connectivity index (χ1v) is 7.82. The van der Waals surface area contributed by atoms with Gasteiger partial charge in [0.1, 0.15) is 0 Å². The first-order chi connectivity index (χ1) is 11.2. The summed E-state index contributed by atoms with van der Waals surface area (Å²) < 4.78 is 0. The minimum atomic E-state index is -0.628. The summed E-state index contributed by atoms with van der Waals surface area (Å²) in [5, 5.41) is 13.5. The number of aromatic nitrogens is 1. The number of halogens is 1. The van der Waals surface area contributed by atoms with Gasteiger partial charge in [-0.25, -0.2) is 0 Å². The van der Waals surface area contributed by atoms with Gasteiger partial charge < -0.3 is 15.3 Å². The quantitative estimate of drug-likeness (QED) is 0.412. The maximum atomic E-state index is 10.2. The lowest BCUT2D eigenvalue weighted by Crippen LogP contribution is -2.38. The third kappa shape index (κ3) is 6.45. The molecule has 2 rings (SSSR count). The van der Waals surface area contributed by atoms with Crippen LogP contribution >= 0.6 is 24.0 Å². The molecule has 1 atom stereocenters. The fourth-order valence-corrected chi connectivity index (χ4v) is 2.27. The van der Waals surface area contributed by atoms with Crippen LogP contribution in [0.15, 0.2) is 59.9 Å². The van der Waals surface area contributed by atoms with Crippen molar-refractivity contribution in [2.75, 3.05) is 20.1 Å². The number of guanidine groups is 1. The molecule has 2 N–H and O–H groups in total. The van der Waals surface area contributed by atoms with Gasteiger partial charge in [0.2, 0.25) is 0 Å². The summed E-state index contributed by atoms with van der Waals surface area (Å²) in [6.07, 6.45) is 2.72. The molecule has 130 valence electrons. The summed E-state index contributed by atoms with van der Waals surface area (Å²) in [5.41, 5.74) is 2.04. The van der Waals surface area contributed by atoms with Crippen LogP contribution < -0.4 is 5.32 Å². The van der Waals surface area contributed by atoms with Crippen molar-refractivity contribution in [1.29, 1.82) is 0 Å². The Morgan fingerprint density at radius 2 is 1.88 bits per heavy atom. The van der Waals surface area contributed by atoms with Gasteiger partial charge in [0.25, 0.3) is 0 Å². The molecule has 0 bridgehead atoms. The van der Waals surface area contributed by atoms with E-state index >= 15 is 0 Å². The molecule has 0 saturated heterocycles. The van der Waals surface area contributed by atoms with Crippen LogP contribution in [0.2, 0.25) is 0 Å². The zero-order valence-electron chi connectivity index (χ0n) is 14.1. The van der Waals surface area contributed by atoms with E-state index in [2.05, 4.69) is 32.3 Å². The summed E-state index contributed by atoms with van der Waals surface area (Å²) in [4.78, 5) is 10.6. The summed E-state index contributed by atoms with van der Waals surface area (Å²) in [7, 11) is 1.99. The average Bonchev–Trinajstić information content (AvgIpc) is 2.60. The lowest BCUT2D eigenvalue weighted by atomic mass is 10.1. The van der Waals surface area contributed by atoms with E-state index in [1.807, 2.05) is 32.2 Å². The highest BCUT2D eigenvalue weighted by atomic mass is 127. The number of nitrogens with zero attached hydrogens (tertiary/aromatic N) is 3. The monoisotopic (exact) mass is 440 g/mol. The Hall–Kier alpha value is -1.67. The Morgan fingerprint density at radius 1 is 1.21 bits per heavy atom. The fourth-order valence-electron chi connectivity index (χ4n) is 2.27. The highest BCUT2D eigenvalue weighted by Gasteiger charge is 2.10. The smallest absolute Gasteiger partial charge is 0.194 e. The van der Waals surface area contributed by atoms with Crippen molar-refractivity contribution in [3.8, 4) is 0 Å². The maximum Gasteiger partial charge on any atom is 0.194 e. The number of nitrogens with one attached hydrogen (secondary N) is 1. The summed E-state index contributed by atoms with van der Waals surface area (Å²) in [6.45, 7) is 3.89. The van der Waals surface area contributed by atoms with E-state index in [9.17, 15) is 5.11 Å². The third-order valence-corrected chi connectivity index (χ3v) is 3.46.